The Kier molecular flexibility index (Phi) is 6.33. The Morgan fingerprint density at radius 1 is 1.17 bits per heavy atom. The number of nitrogens with one attached hydrogen (secondary N) is 1. The summed E-state index contributed by atoms with van der Waals surface area (Å²) < 4.78 is 0. The predicted molar refractivity (Wildman–Crippen MR) is 110 cm³/mol. The van der Waals surface area contributed by atoms with Crippen LogP contribution in [0.15, 0.2) is 53.6 Å². The van der Waals surface area contributed by atoms with E-state index in [1.165, 1.54) is 12.1 Å². The molecule has 29 heavy (non-hydrogen) atoms. The van der Waals surface area contributed by atoms with Gasteiger partial charge in [-0.25, -0.2) is 5.43 Å². The van der Waals surface area contributed by atoms with Crippen molar-refractivity contribution < 1.29 is 14.5 Å². The number of nitro benzene ring substituents is 1. The molecular formula is C21H22N4O4. The summed E-state index contributed by atoms with van der Waals surface area (Å²) >= 11 is 0. The van der Waals surface area contributed by atoms with E-state index in [4.69, 9.17) is 0 Å². The molecule has 1 heterocycles. The second-order valence-electron chi connectivity index (χ2n) is 6.82. The number of nitro groups is 1. The third kappa shape index (κ3) is 5.04. The number of amides is 2. The Morgan fingerprint density at radius 3 is 2.76 bits per heavy atom. The molecule has 0 atom stereocenters. The quantitative estimate of drug-likeness (QED) is 0.461. The van der Waals surface area contributed by atoms with Crippen LogP contribution in [0.4, 0.5) is 11.4 Å². The van der Waals surface area contributed by atoms with Crippen molar-refractivity contribution in [2.45, 2.75) is 32.6 Å². The Balaban J connectivity index is 1.55. The van der Waals surface area contributed by atoms with Crippen molar-refractivity contribution >= 4 is 28.9 Å². The third-order valence-electron chi connectivity index (χ3n) is 4.80. The molecule has 1 N–H and O–H groups in total. The van der Waals surface area contributed by atoms with Crippen LogP contribution in [0.25, 0.3) is 0 Å². The highest BCUT2D eigenvalue weighted by molar-refractivity contribution is 6.00. The molecule has 2 aromatic rings. The van der Waals surface area contributed by atoms with Crippen molar-refractivity contribution in [3.05, 3.63) is 69.8 Å². The van der Waals surface area contributed by atoms with E-state index in [1.807, 2.05) is 24.3 Å². The van der Waals surface area contributed by atoms with Crippen LogP contribution in [0.3, 0.4) is 0 Å². The van der Waals surface area contributed by atoms with Crippen LogP contribution < -0.4 is 10.3 Å². The SMILES string of the molecule is CC(=NNC(=O)CCC(=O)N1CCCc2ccccc21)c1cccc([N+](=O)[O-])c1. The van der Waals surface area contributed by atoms with Crippen molar-refractivity contribution in [3.63, 3.8) is 0 Å². The number of hydrogen-bond acceptors (Lipinski definition) is 5. The fourth-order valence-electron chi connectivity index (χ4n) is 3.26. The van der Waals surface area contributed by atoms with Crippen LogP contribution in [0.5, 0.6) is 0 Å². The maximum absolute atomic E-state index is 12.6. The number of rotatable bonds is 6. The van der Waals surface area contributed by atoms with Gasteiger partial charge >= 0.3 is 0 Å². The number of para-hydroxylation sites is 1. The fourth-order valence-corrected chi connectivity index (χ4v) is 3.26. The molecule has 0 radical (unpaired) electrons. The van der Waals surface area contributed by atoms with Gasteiger partial charge in [0.15, 0.2) is 0 Å². The topological polar surface area (TPSA) is 105 Å². The van der Waals surface area contributed by atoms with Gasteiger partial charge in [0, 0.05) is 42.8 Å². The van der Waals surface area contributed by atoms with Crippen molar-refractivity contribution in [2.75, 3.05) is 11.4 Å². The summed E-state index contributed by atoms with van der Waals surface area (Å²) in [6, 6.07) is 13.8. The minimum Gasteiger partial charge on any atom is -0.312 e. The number of aryl methyl sites for hydroxylation is 1. The minimum atomic E-state index is -0.486. The lowest BCUT2D eigenvalue weighted by Crippen LogP contribution is -2.36. The van der Waals surface area contributed by atoms with E-state index >= 15 is 0 Å². The van der Waals surface area contributed by atoms with Gasteiger partial charge in [-0.05, 0) is 31.4 Å². The Morgan fingerprint density at radius 2 is 1.97 bits per heavy atom. The van der Waals surface area contributed by atoms with E-state index in [9.17, 15) is 19.7 Å². The normalized spacial score (nSPS) is 13.6. The van der Waals surface area contributed by atoms with E-state index in [0.717, 1.165) is 24.1 Å². The first kappa shape index (κ1) is 20.2. The number of fused-ring (bicyclic) bond motifs is 1. The Bertz CT molecular complexity index is 971. The van der Waals surface area contributed by atoms with E-state index < -0.39 is 4.92 Å². The van der Waals surface area contributed by atoms with Gasteiger partial charge in [-0.3, -0.25) is 19.7 Å². The molecule has 3 rings (SSSR count). The van der Waals surface area contributed by atoms with E-state index in [-0.39, 0.29) is 30.3 Å². The first-order chi connectivity index (χ1) is 14.0. The number of nitrogens with zero attached hydrogens (tertiary/aromatic N) is 3. The van der Waals surface area contributed by atoms with Crippen LogP contribution in [0.2, 0.25) is 0 Å². The summed E-state index contributed by atoms with van der Waals surface area (Å²) in [6.07, 6.45) is 1.96. The zero-order valence-electron chi connectivity index (χ0n) is 16.1. The molecule has 8 nitrogen and oxygen atoms in total. The predicted octanol–water partition coefficient (Wildman–Crippen LogP) is 3.19. The summed E-state index contributed by atoms with van der Waals surface area (Å²) in [6.45, 7) is 2.30. The third-order valence-corrected chi connectivity index (χ3v) is 4.80. The minimum absolute atomic E-state index is 0.0171. The second kappa shape index (κ2) is 9.09. The molecule has 0 bridgehead atoms. The average molecular weight is 394 g/mol. The summed E-state index contributed by atoms with van der Waals surface area (Å²) in [7, 11) is 0. The standard InChI is InChI=1S/C21H22N4O4/c1-15(17-7-4-9-18(14-17)25(28)29)22-23-20(26)11-12-21(27)24-13-5-8-16-6-2-3-10-19(16)24/h2-4,6-7,9-10,14H,5,8,11-13H2,1H3,(H,23,26). The van der Waals surface area contributed by atoms with Crippen LogP contribution in [-0.2, 0) is 16.0 Å². The first-order valence-electron chi connectivity index (χ1n) is 9.42. The van der Waals surface area contributed by atoms with E-state index in [2.05, 4.69) is 10.5 Å². The zero-order chi connectivity index (χ0) is 20.8. The maximum atomic E-state index is 12.6. The largest absolute Gasteiger partial charge is 0.312 e. The summed E-state index contributed by atoms with van der Waals surface area (Å²) in [5.41, 5.74) is 5.42. The van der Waals surface area contributed by atoms with Gasteiger partial charge in [0.25, 0.3) is 5.69 Å². The first-order valence-corrected chi connectivity index (χ1v) is 9.42. The molecule has 0 saturated heterocycles. The molecule has 1 aliphatic rings. The number of carbonyl (C=O) groups excluding carboxylic acids is 2. The number of anilines is 1. The van der Waals surface area contributed by atoms with Gasteiger partial charge in [0.2, 0.25) is 11.8 Å². The summed E-state index contributed by atoms with van der Waals surface area (Å²) in [5.74, 6) is -0.472. The molecule has 0 aliphatic carbocycles. The van der Waals surface area contributed by atoms with Crippen molar-refractivity contribution in [1.82, 2.24) is 5.43 Å². The molecule has 150 valence electrons. The molecule has 8 heteroatoms. The number of hydrogen-bond donors (Lipinski definition) is 1. The fraction of sp³-hybridized carbons (Fsp3) is 0.286. The lowest BCUT2D eigenvalue weighted by molar-refractivity contribution is -0.384. The average Bonchev–Trinajstić information content (AvgIpc) is 2.75. The molecule has 2 amide bonds. The van der Waals surface area contributed by atoms with Crippen LogP contribution >= 0.6 is 0 Å². The Hall–Kier alpha value is -3.55. The Labute approximate surface area is 168 Å². The summed E-state index contributed by atoms with van der Waals surface area (Å²) in [4.78, 5) is 36.8. The van der Waals surface area contributed by atoms with Crippen LogP contribution in [0.1, 0.15) is 37.3 Å². The highest BCUT2D eigenvalue weighted by atomic mass is 16.6. The van der Waals surface area contributed by atoms with E-state index in [1.54, 1.807) is 24.0 Å². The van der Waals surface area contributed by atoms with Crippen LogP contribution in [-0.4, -0.2) is 29.0 Å². The van der Waals surface area contributed by atoms with Gasteiger partial charge in [-0.2, -0.15) is 5.10 Å². The lowest BCUT2D eigenvalue weighted by Gasteiger charge is -2.29. The smallest absolute Gasteiger partial charge is 0.270 e. The van der Waals surface area contributed by atoms with Crippen molar-refractivity contribution in [2.24, 2.45) is 5.10 Å². The van der Waals surface area contributed by atoms with Gasteiger partial charge in [0.1, 0.15) is 0 Å². The number of non-ortho nitro benzene ring substituents is 1. The number of carbonyl (C=O) groups is 2. The van der Waals surface area contributed by atoms with Crippen molar-refractivity contribution in [1.29, 1.82) is 0 Å². The van der Waals surface area contributed by atoms with Gasteiger partial charge in [0.05, 0.1) is 10.6 Å². The maximum Gasteiger partial charge on any atom is 0.270 e. The molecule has 0 saturated carbocycles. The molecular weight excluding hydrogens is 372 g/mol. The van der Waals surface area contributed by atoms with E-state index in [0.29, 0.717) is 17.8 Å². The molecule has 0 unspecified atom stereocenters. The van der Waals surface area contributed by atoms with Crippen LogP contribution in [0, 0.1) is 10.1 Å². The lowest BCUT2D eigenvalue weighted by atomic mass is 10.0. The molecule has 1 aliphatic heterocycles. The molecule has 0 aromatic heterocycles. The number of benzene rings is 2. The molecule has 0 fully saturated rings. The van der Waals surface area contributed by atoms with Gasteiger partial charge in [-0.15, -0.1) is 0 Å². The monoisotopic (exact) mass is 394 g/mol. The summed E-state index contributed by atoms with van der Waals surface area (Å²) in [5, 5.41) is 14.8. The van der Waals surface area contributed by atoms with Gasteiger partial charge < -0.3 is 4.90 Å². The van der Waals surface area contributed by atoms with Crippen molar-refractivity contribution in [3.8, 4) is 0 Å². The van der Waals surface area contributed by atoms with Gasteiger partial charge in [-0.1, -0.05) is 30.3 Å². The highest BCUT2D eigenvalue weighted by Crippen LogP contribution is 2.27. The molecule has 0 spiro atoms. The second-order valence-corrected chi connectivity index (χ2v) is 6.82. The zero-order valence-corrected chi connectivity index (χ0v) is 16.1. The molecule has 2 aromatic carbocycles. The number of hydrazone groups is 1. The highest BCUT2D eigenvalue weighted by Gasteiger charge is 2.22.